The Bertz CT molecular complexity index is 1440. The number of aliphatic hydroxyl groups excluding tert-OH is 1. The van der Waals surface area contributed by atoms with Crippen LogP contribution in [0, 0.1) is 5.92 Å². The molecule has 11 nitrogen and oxygen atoms in total. The van der Waals surface area contributed by atoms with Crippen molar-refractivity contribution in [2.24, 2.45) is 5.92 Å². The monoisotopic (exact) mass is 672 g/mol. The first-order chi connectivity index (χ1) is 21.5. The molecule has 1 heterocycles. The fourth-order valence-electron chi connectivity index (χ4n) is 4.98. The van der Waals surface area contributed by atoms with Gasteiger partial charge in [-0.25, -0.2) is 13.2 Å². The third-order valence-corrected chi connectivity index (χ3v) is 8.23. The van der Waals surface area contributed by atoms with Crippen molar-refractivity contribution in [2.75, 3.05) is 49.6 Å². The Kier molecular flexibility index (Phi) is 12.7. The van der Waals surface area contributed by atoms with E-state index in [2.05, 4.69) is 10.0 Å². The molecule has 2 aromatic carbocycles. The topological polar surface area (TPSA) is 138 Å². The van der Waals surface area contributed by atoms with Crippen molar-refractivity contribution < 1.29 is 45.8 Å². The molecule has 0 aliphatic carbocycles. The van der Waals surface area contributed by atoms with Crippen LogP contribution in [-0.4, -0.2) is 93.1 Å². The van der Waals surface area contributed by atoms with Crippen LogP contribution in [0.4, 0.5) is 29.3 Å². The molecule has 1 aliphatic rings. The second-order valence-corrected chi connectivity index (χ2v) is 13.5. The van der Waals surface area contributed by atoms with Crippen molar-refractivity contribution in [2.45, 2.75) is 64.5 Å². The number of sulfonamides is 1. The van der Waals surface area contributed by atoms with E-state index in [9.17, 15) is 36.3 Å². The quantitative estimate of drug-likeness (QED) is 0.375. The molecule has 3 rings (SSSR count). The Balaban J connectivity index is 1.87. The number of likely N-dealkylation sites (N-methyl/N-ethyl adjacent to an activating group) is 1. The number of hydrogen-bond donors (Lipinski definition) is 3. The van der Waals surface area contributed by atoms with E-state index in [-0.39, 0.29) is 54.4 Å². The van der Waals surface area contributed by atoms with Crippen molar-refractivity contribution in [3.8, 4) is 5.75 Å². The van der Waals surface area contributed by atoms with Gasteiger partial charge in [0.1, 0.15) is 5.75 Å². The van der Waals surface area contributed by atoms with Crippen molar-refractivity contribution in [1.82, 2.24) is 9.80 Å². The van der Waals surface area contributed by atoms with Crippen LogP contribution < -0.4 is 14.8 Å². The van der Waals surface area contributed by atoms with Crippen LogP contribution in [0.3, 0.4) is 0 Å². The lowest BCUT2D eigenvalue weighted by Crippen LogP contribution is -2.48. The summed E-state index contributed by atoms with van der Waals surface area (Å²) >= 11 is 0. The minimum absolute atomic E-state index is 0.0989. The SMILES string of the molecule is C[C@H](CO)N1C[C@H](C)[C@H](CN(C)C(=O)Nc2ccc(C(F)(F)F)cc2)OCCCC[C@H](C)Oc2ccc(NS(C)(=O)=O)cc2C1=O. The molecule has 3 N–H and O–H groups in total. The average molecular weight is 673 g/mol. The molecule has 15 heteroatoms. The van der Waals surface area contributed by atoms with E-state index in [4.69, 9.17) is 9.47 Å². The molecule has 0 spiro atoms. The van der Waals surface area contributed by atoms with E-state index in [1.165, 1.54) is 41.1 Å². The van der Waals surface area contributed by atoms with Gasteiger partial charge in [0, 0.05) is 44.0 Å². The summed E-state index contributed by atoms with van der Waals surface area (Å²) in [7, 11) is -2.10. The molecule has 3 amide bonds. The summed E-state index contributed by atoms with van der Waals surface area (Å²) in [6, 6.07) is 7.40. The van der Waals surface area contributed by atoms with Gasteiger partial charge >= 0.3 is 12.2 Å². The van der Waals surface area contributed by atoms with Gasteiger partial charge in [0.05, 0.1) is 42.2 Å². The van der Waals surface area contributed by atoms with Gasteiger partial charge < -0.3 is 29.7 Å². The molecule has 0 saturated carbocycles. The number of carbonyl (C=O) groups excluding carboxylic acids is 2. The summed E-state index contributed by atoms with van der Waals surface area (Å²) in [6.07, 6.45) is -2.24. The van der Waals surface area contributed by atoms with Gasteiger partial charge in [0.25, 0.3) is 5.91 Å². The zero-order valence-corrected chi connectivity index (χ0v) is 27.5. The molecule has 46 heavy (non-hydrogen) atoms. The van der Waals surface area contributed by atoms with E-state index >= 15 is 0 Å². The van der Waals surface area contributed by atoms with Gasteiger partial charge in [-0.2, -0.15) is 13.2 Å². The number of halogens is 3. The smallest absolute Gasteiger partial charge is 0.416 e. The minimum atomic E-state index is -4.50. The fraction of sp³-hybridized carbons (Fsp3) is 0.548. The third kappa shape index (κ3) is 10.8. The molecule has 0 aromatic heterocycles. The number of rotatable bonds is 7. The lowest BCUT2D eigenvalue weighted by molar-refractivity contribution is -0.137. The van der Waals surface area contributed by atoms with Crippen LogP contribution in [0.25, 0.3) is 0 Å². The summed E-state index contributed by atoms with van der Waals surface area (Å²) in [4.78, 5) is 29.9. The number of anilines is 2. The summed E-state index contributed by atoms with van der Waals surface area (Å²) in [6.45, 7) is 5.62. The number of fused-ring (bicyclic) bond motifs is 1. The lowest BCUT2D eigenvalue weighted by Gasteiger charge is -2.35. The molecule has 2 aromatic rings. The molecular formula is C31H43F3N4O7S. The molecule has 0 unspecified atom stereocenters. The second kappa shape index (κ2) is 15.8. The molecule has 0 saturated heterocycles. The highest BCUT2D eigenvalue weighted by molar-refractivity contribution is 7.92. The Morgan fingerprint density at radius 3 is 2.39 bits per heavy atom. The fourth-order valence-corrected chi connectivity index (χ4v) is 5.53. The Morgan fingerprint density at radius 1 is 1.13 bits per heavy atom. The number of hydrogen-bond acceptors (Lipinski definition) is 7. The molecular weight excluding hydrogens is 629 g/mol. The van der Waals surface area contributed by atoms with E-state index in [1.807, 2.05) is 13.8 Å². The Labute approximate surface area is 268 Å². The molecule has 0 radical (unpaired) electrons. The first-order valence-corrected chi connectivity index (χ1v) is 16.9. The van der Waals surface area contributed by atoms with Crippen molar-refractivity contribution in [3.05, 3.63) is 53.6 Å². The van der Waals surface area contributed by atoms with Crippen LogP contribution in [0.15, 0.2) is 42.5 Å². The maximum absolute atomic E-state index is 14.1. The van der Waals surface area contributed by atoms with Gasteiger partial charge in [-0.3, -0.25) is 9.52 Å². The zero-order chi connectivity index (χ0) is 34.2. The van der Waals surface area contributed by atoms with Crippen molar-refractivity contribution in [1.29, 1.82) is 0 Å². The van der Waals surface area contributed by atoms with E-state index < -0.39 is 45.8 Å². The van der Waals surface area contributed by atoms with Crippen molar-refractivity contribution >= 4 is 33.3 Å². The molecule has 0 bridgehead atoms. The van der Waals surface area contributed by atoms with Gasteiger partial charge in [-0.15, -0.1) is 0 Å². The van der Waals surface area contributed by atoms with Gasteiger partial charge in [0.2, 0.25) is 10.0 Å². The summed E-state index contributed by atoms with van der Waals surface area (Å²) in [5.41, 5.74) is -0.337. The van der Waals surface area contributed by atoms with Crippen LogP contribution >= 0.6 is 0 Å². The number of ether oxygens (including phenoxy) is 2. The lowest BCUT2D eigenvalue weighted by atomic mass is 10.0. The Hall–Kier alpha value is -3.56. The zero-order valence-electron chi connectivity index (χ0n) is 26.6. The third-order valence-electron chi connectivity index (χ3n) is 7.62. The first-order valence-electron chi connectivity index (χ1n) is 15.0. The summed E-state index contributed by atoms with van der Waals surface area (Å²) in [5, 5.41) is 12.7. The number of nitrogens with one attached hydrogen (secondary N) is 2. The van der Waals surface area contributed by atoms with Crippen LogP contribution in [0.2, 0.25) is 0 Å². The van der Waals surface area contributed by atoms with Gasteiger partial charge in [-0.05, 0) is 75.6 Å². The second-order valence-electron chi connectivity index (χ2n) is 11.8. The number of alkyl halides is 3. The average Bonchev–Trinajstić information content (AvgIpc) is 2.97. The van der Waals surface area contributed by atoms with Crippen LogP contribution in [0.5, 0.6) is 5.75 Å². The van der Waals surface area contributed by atoms with E-state index in [1.54, 1.807) is 13.0 Å². The predicted molar refractivity (Wildman–Crippen MR) is 168 cm³/mol. The number of urea groups is 1. The van der Waals surface area contributed by atoms with E-state index in [0.29, 0.717) is 19.4 Å². The maximum Gasteiger partial charge on any atom is 0.416 e. The summed E-state index contributed by atoms with van der Waals surface area (Å²) in [5.74, 6) is -0.566. The van der Waals surface area contributed by atoms with Gasteiger partial charge in [-0.1, -0.05) is 6.92 Å². The number of amides is 3. The summed E-state index contributed by atoms with van der Waals surface area (Å²) < 4.78 is 77.3. The highest BCUT2D eigenvalue weighted by Gasteiger charge is 2.32. The Morgan fingerprint density at radius 2 is 1.78 bits per heavy atom. The normalized spacial score (nSPS) is 20.9. The molecule has 4 atom stereocenters. The molecule has 0 fully saturated rings. The van der Waals surface area contributed by atoms with Crippen LogP contribution in [-0.2, 0) is 20.9 Å². The standard InChI is InChI=1S/C31H43F3N4O7S/c1-20-17-38(21(2)19-39)29(40)26-16-25(36-46(5,42)43)13-14-27(26)45-22(3)8-6-7-15-44-28(20)18-37(4)30(41)35-24-11-9-23(10-12-24)31(32,33)34/h9-14,16,20-22,28,36,39H,6-8,15,17-19H2,1-5H3,(H,35,41)/t20-,21+,22-,28-/m0/s1. The molecule has 1 aliphatic heterocycles. The van der Waals surface area contributed by atoms with Crippen molar-refractivity contribution in [3.63, 3.8) is 0 Å². The predicted octanol–water partition coefficient (Wildman–Crippen LogP) is 5.04. The number of aliphatic hydroxyl groups is 1. The number of nitrogens with zero attached hydrogens (tertiary/aromatic N) is 2. The largest absolute Gasteiger partial charge is 0.490 e. The number of benzene rings is 2. The van der Waals surface area contributed by atoms with E-state index in [0.717, 1.165) is 24.8 Å². The van der Waals surface area contributed by atoms with Crippen LogP contribution in [0.1, 0.15) is 56.0 Å². The minimum Gasteiger partial charge on any atom is -0.490 e. The highest BCUT2D eigenvalue weighted by Crippen LogP contribution is 2.31. The maximum atomic E-state index is 14.1. The first kappa shape index (κ1) is 36.9. The highest BCUT2D eigenvalue weighted by atomic mass is 32.2. The van der Waals surface area contributed by atoms with Gasteiger partial charge in [0.15, 0.2) is 0 Å². The number of carbonyl (C=O) groups is 2. The molecule has 256 valence electrons.